The molecule has 6 nitrogen and oxygen atoms in total. The molecule has 0 radical (unpaired) electrons. The van der Waals surface area contributed by atoms with Crippen molar-refractivity contribution in [1.82, 2.24) is 15.0 Å². The third kappa shape index (κ3) is 5.00. The lowest BCUT2D eigenvalue weighted by Crippen LogP contribution is -2.48. The van der Waals surface area contributed by atoms with Crippen LogP contribution < -0.4 is 4.90 Å². The van der Waals surface area contributed by atoms with Crippen LogP contribution in [-0.2, 0) is 11.2 Å². The number of anilines is 1. The molecule has 0 atom stereocenters. The van der Waals surface area contributed by atoms with Crippen molar-refractivity contribution in [3.8, 4) is 11.4 Å². The van der Waals surface area contributed by atoms with Crippen LogP contribution in [0, 0.1) is 6.92 Å². The molecule has 1 aromatic heterocycles. The first-order valence-electron chi connectivity index (χ1n) is 10.3. The summed E-state index contributed by atoms with van der Waals surface area (Å²) in [6.45, 7) is 5.35. The first-order chi connectivity index (χ1) is 14.6. The molecule has 0 saturated carbocycles. The topological polar surface area (TPSA) is 62.5 Å². The Morgan fingerprint density at radius 1 is 1.10 bits per heavy atom. The highest BCUT2D eigenvalue weighted by Crippen LogP contribution is 2.20. The molecule has 1 aliphatic rings. The number of amides is 1. The molecule has 1 amide bonds. The molecule has 1 fully saturated rings. The van der Waals surface area contributed by atoms with Crippen LogP contribution in [0.25, 0.3) is 11.4 Å². The van der Waals surface area contributed by atoms with Crippen LogP contribution in [0.4, 0.5) is 5.69 Å². The molecule has 4 rings (SSSR count). The predicted octanol–water partition coefficient (Wildman–Crippen LogP) is 4.37. The maximum atomic E-state index is 12.6. The zero-order chi connectivity index (χ0) is 20.9. The van der Waals surface area contributed by atoms with Crippen LogP contribution in [0.5, 0.6) is 0 Å². The quantitative estimate of drug-likeness (QED) is 0.588. The van der Waals surface area contributed by atoms with E-state index in [9.17, 15) is 4.79 Å². The van der Waals surface area contributed by atoms with E-state index in [1.54, 1.807) is 12.1 Å². The first-order valence-corrected chi connectivity index (χ1v) is 10.6. The average Bonchev–Trinajstić information content (AvgIpc) is 3.23. The molecule has 1 saturated heterocycles. The van der Waals surface area contributed by atoms with Crippen molar-refractivity contribution in [2.45, 2.75) is 26.2 Å². The van der Waals surface area contributed by atoms with Crippen molar-refractivity contribution < 1.29 is 9.32 Å². The second-order valence-corrected chi connectivity index (χ2v) is 8.02. The van der Waals surface area contributed by atoms with E-state index in [-0.39, 0.29) is 5.91 Å². The van der Waals surface area contributed by atoms with Crippen LogP contribution in [0.2, 0.25) is 5.02 Å². The normalized spacial score (nSPS) is 14.2. The zero-order valence-electron chi connectivity index (χ0n) is 17.1. The molecular formula is C23H25ClN4O2. The number of piperazine rings is 1. The smallest absolute Gasteiger partial charge is 0.226 e. The summed E-state index contributed by atoms with van der Waals surface area (Å²) in [5.74, 6) is 1.29. The fourth-order valence-corrected chi connectivity index (χ4v) is 3.79. The second kappa shape index (κ2) is 9.30. The number of carbonyl (C=O) groups excluding carboxylic acids is 1. The number of hydrogen-bond donors (Lipinski definition) is 0. The number of halogens is 1. The summed E-state index contributed by atoms with van der Waals surface area (Å²) in [7, 11) is 0. The van der Waals surface area contributed by atoms with Crippen molar-refractivity contribution in [2.24, 2.45) is 0 Å². The molecule has 2 aromatic carbocycles. The minimum atomic E-state index is 0.191. The number of carbonyl (C=O) groups is 1. The van der Waals surface area contributed by atoms with Gasteiger partial charge in [0, 0.05) is 55.3 Å². The highest BCUT2D eigenvalue weighted by Gasteiger charge is 2.21. The van der Waals surface area contributed by atoms with Gasteiger partial charge in [0.2, 0.25) is 17.6 Å². The Bertz CT molecular complexity index is 994. The number of aromatic nitrogens is 2. The average molecular weight is 425 g/mol. The maximum Gasteiger partial charge on any atom is 0.226 e. The summed E-state index contributed by atoms with van der Waals surface area (Å²) in [5, 5.41) is 4.68. The van der Waals surface area contributed by atoms with Crippen LogP contribution >= 0.6 is 11.6 Å². The number of aryl methyl sites for hydroxylation is 2. The van der Waals surface area contributed by atoms with Crippen LogP contribution in [0.15, 0.2) is 53.1 Å². The van der Waals surface area contributed by atoms with Gasteiger partial charge in [-0.05, 0) is 55.3 Å². The van der Waals surface area contributed by atoms with Gasteiger partial charge in [0.25, 0.3) is 0 Å². The molecule has 1 aliphatic heterocycles. The lowest BCUT2D eigenvalue weighted by atomic mass is 10.1. The third-order valence-corrected chi connectivity index (χ3v) is 5.60. The highest BCUT2D eigenvalue weighted by atomic mass is 35.5. The Morgan fingerprint density at radius 3 is 2.60 bits per heavy atom. The SMILES string of the molecule is Cc1cccc(N2CCN(C(=O)CCCc3nc(-c4ccc(Cl)cc4)no3)CC2)c1. The Hall–Kier alpha value is -2.86. The molecule has 2 heterocycles. The molecule has 0 spiro atoms. The van der Waals surface area contributed by atoms with Gasteiger partial charge in [-0.1, -0.05) is 28.9 Å². The second-order valence-electron chi connectivity index (χ2n) is 7.58. The third-order valence-electron chi connectivity index (χ3n) is 5.35. The van der Waals surface area contributed by atoms with E-state index in [0.29, 0.717) is 36.0 Å². The molecule has 0 N–H and O–H groups in total. The fourth-order valence-electron chi connectivity index (χ4n) is 3.66. The van der Waals surface area contributed by atoms with Gasteiger partial charge in [-0.2, -0.15) is 4.98 Å². The van der Waals surface area contributed by atoms with Crippen molar-refractivity contribution in [2.75, 3.05) is 31.1 Å². The molecule has 7 heteroatoms. The molecule has 30 heavy (non-hydrogen) atoms. The van der Waals surface area contributed by atoms with Gasteiger partial charge in [0.05, 0.1) is 0 Å². The molecule has 3 aromatic rings. The van der Waals surface area contributed by atoms with E-state index in [1.807, 2.05) is 17.0 Å². The summed E-state index contributed by atoms with van der Waals surface area (Å²) in [6.07, 6.45) is 1.78. The molecular weight excluding hydrogens is 400 g/mol. The Morgan fingerprint density at radius 2 is 1.87 bits per heavy atom. The lowest BCUT2D eigenvalue weighted by Gasteiger charge is -2.36. The summed E-state index contributed by atoms with van der Waals surface area (Å²) < 4.78 is 5.32. The summed E-state index contributed by atoms with van der Waals surface area (Å²) >= 11 is 5.91. The van der Waals surface area contributed by atoms with Crippen LogP contribution in [0.1, 0.15) is 24.3 Å². The summed E-state index contributed by atoms with van der Waals surface area (Å²) in [5.41, 5.74) is 3.35. The summed E-state index contributed by atoms with van der Waals surface area (Å²) in [6, 6.07) is 15.8. The van der Waals surface area contributed by atoms with Crippen molar-refractivity contribution in [3.05, 3.63) is 65.0 Å². The van der Waals surface area contributed by atoms with E-state index < -0.39 is 0 Å². The van der Waals surface area contributed by atoms with E-state index in [4.69, 9.17) is 16.1 Å². The van der Waals surface area contributed by atoms with Gasteiger partial charge in [-0.25, -0.2) is 0 Å². The monoisotopic (exact) mass is 424 g/mol. The lowest BCUT2D eigenvalue weighted by molar-refractivity contribution is -0.131. The fraction of sp³-hybridized carbons (Fsp3) is 0.348. The predicted molar refractivity (Wildman–Crippen MR) is 118 cm³/mol. The van der Waals surface area contributed by atoms with E-state index in [1.165, 1.54) is 11.3 Å². The van der Waals surface area contributed by atoms with Crippen molar-refractivity contribution in [3.63, 3.8) is 0 Å². The van der Waals surface area contributed by atoms with Crippen LogP contribution in [-0.4, -0.2) is 47.1 Å². The van der Waals surface area contributed by atoms with Gasteiger partial charge in [-0.3, -0.25) is 4.79 Å². The first kappa shape index (κ1) is 20.4. The number of hydrogen-bond acceptors (Lipinski definition) is 5. The van der Waals surface area contributed by atoms with Gasteiger partial charge in [-0.15, -0.1) is 0 Å². The van der Waals surface area contributed by atoms with Crippen molar-refractivity contribution in [1.29, 1.82) is 0 Å². The molecule has 156 valence electrons. The Balaban J connectivity index is 1.22. The van der Waals surface area contributed by atoms with Crippen molar-refractivity contribution >= 4 is 23.2 Å². The minimum Gasteiger partial charge on any atom is -0.368 e. The highest BCUT2D eigenvalue weighted by molar-refractivity contribution is 6.30. The van der Waals surface area contributed by atoms with E-state index in [2.05, 4.69) is 46.2 Å². The molecule has 0 bridgehead atoms. The Labute approximate surface area is 181 Å². The minimum absolute atomic E-state index is 0.191. The van der Waals surface area contributed by atoms with Gasteiger partial charge in [0.15, 0.2) is 0 Å². The van der Waals surface area contributed by atoms with Gasteiger partial charge < -0.3 is 14.3 Å². The Kier molecular flexibility index (Phi) is 6.33. The standard InChI is InChI=1S/C23H25ClN4O2/c1-17-4-2-5-20(16-17)27-12-14-28(15-13-27)22(29)7-3-6-21-25-23(26-30-21)18-8-10-19(24)11-9-18/h2,4-5,8-11,16H,3,6-7,12-15H2,1H3. The number of nitrogens with zero attached hydrogens (tertiary/aromatic N) is 4. The number of benzene rings is 2. The number of rotatable bonds is 6. The molecule has 0 unspecified atom stereocenters. The van der Waals surface area contributed by atoms with E-state index in [0.717, 1.165) is 31.7 Å². The van der Waals surface area contributed by atoms with Gasteiger partial charge >= 0.3 is 0 Å². The molecule has 0 aliphatic carbocycles. The zero-order valence-corrected chi connectivity index (χ0v) is 17.8. The largest absolute Gasteiger partial charge is 0.368 e. The maximum absolute atomic E-state index is 12.6. The van der Waals surface area contributed by atoms with Crippen LogP contribution in [0.3, 0.4) is 0 Å². The van der Waals surface area contributed by atoms with Gasteiger partial charge in [0.1, 0.15) is 0 Å². The summed E-state index contributed by atoms with van der Waals surface area (Å²) in [4.78, 5) is 21.3. The van der Waals surface area contributed by atoms with E-state index >= 15 is 0 Å².